The summed E-state index contributed by atoms with van der Waals surface area (Å²) in [5, 5.41) is 10.5. The van der Waals surface area contributed by atoms with Crippen LogP contribution in [0.2, 0.25) is 5.02 Å². The maximum absolute atomic E-state index is 12.8. The lowest BCUT2D eigenvalue weighted by atomic mass is 9.58. The molecule has 0 saturated heterocycles. The van der Waals surface area contributed by atoms with E-state index < -0.39 is 5.56 Å². The molecule has 2 N–H and O–H groups in total. The number of nitrogens with one attached hydrogen (secondary N) is 2. The zero-order chi connectivity index (χ0) is 23.6. The van der Waals surface area contributed by atoms with Crippen LogP contribution in [0.25, 0.3) is 0 Å². The van der Waals surface area contributed by atoms with E-state index in [2.05, 4.69) is 60.3 Å². The molecule has 0 spiro atoms. The smallest absolute Gasteiger partial charge is 0.288 e. The normalized spacial score (nSPS) is 25.7. The van der Waals surface area contributed by atoms with Crippen molar-refractivity contribution >= 4 is 23.2 Å². The van der Waals surface area contributed by atoms with Crippen molar-refractivity contribution < 1.29 is 4.79 Å². The summed E-state index contributed by atoms with van der Waals surface area (Å²) in [5.74, 6) is 1.09. The molecule has 32 heavy (non-hydrogen) atoms. The third kappa shape index (κ3) is 4.95. The first-order chi connectivity index (χ1) is 15.0. The van der Waals surface area contributed by atoms with Crippen LogP contribution in [0, 0.1) is 23.2 Å². The summed E-state index contributed by atoms with van der Waals surface area (Å²) < 4.78 is 1.08. The first-order valence-electron chi connectivity index (χ1n) is 11.1. The number of rotatable bonds is 6. The molecule has 1 unspecified atom stereocenters. The maximum atomic E-state index is 12.8. The second-order valence-electron chi connectivity index (χ2n) is 9.62. The molecule has 5 atom stereocenters. The highest BCUT2D eigenvalue weighted by Gasteiger charge is 2.43. The molecule has 2 aromatic rings. The number of carbonyl (C=O) groups is 1. The highest BCUT2D eigenvalue weighted by molar-refractivity contribution is 6.32. The molecule has 3 rings (SSSR count). The Labute approximate surface area is 194 Å². The summed E-state index contributed by atoms with van der Waals surface area (Å²) >= 11 is 6.39. The van der Waals surface area contributed by atoms with Crippen LogP contribution in [-0.4, -0.2) is 31.7 Å². The Balaban J connectivity index is 1.69. The van der Waals surface area contributed by atoms with Crippen LogP contribution in [0.15, 0.2) is 29.6 Å². The standard InChI is InChI=1S/C23H33ClN6O2/c1-13-9-18(14(2)15(3)23(13,5)6)29-19-10-27-30(22(32)21(19)24)11-20(31)28-16(4)17-7-8-25-12-26-17/h7-8,10,12-16,18,29H,9,11H2,1-6H3,(H,28,31)/t13-,14+,15+,16?,18+/m0/s1. The van der Waals surface area contributed by atoms with Gasteiger partial charge < -0.3 is 10.6 Å². The van der Waals surface area contributed by atoms with E-state index in [0.717, 1.165) is 11.1 Å². The van der Waals surface area contributed by atoms with Gasteiger partial charge in [0.05, 0.1) is 23.6 Å². The van der Waals surface area contributed by atoms with Crippen LogP contribution in [-0.2, 0) is 11.3 Å². The molecule has 1 amide bonds. The van der Waals surface area contributed by atoms with Crippen molar-refractivity contribution in [3.63, 3.8) is 0 Å². The monoisotopic (exact) mass is 460 g/mol. The summed E-state index contributed by atoms with van der Waals surface area (Å²) in [5.41, 5.74) is 0.948. The van der Waals surface area contributed by atoms with Gasteiger partial charge in [0.1, 0.15) is 17.9 Å². The van der Waals surface area contributed by atoms with Crippen molar-refractivity contribution in [2.45, 2.75) is 66.6 Å². The van der Waals surface area contributed by atoms with Crippen molar-refractivity contribution in [1.29, 1.82) is 0 Å². The van der Waals surface area contributed by atoms with Gasteiger partial charge in [-0.15, -0.1) is 0 Å². The van der Waals surface area contributed by atoms with Crippen LogP contribution in [0.4, 0.5) is 5.69 Å². The Morgan fingerprint density at radius 1 is 1.34 bits per heavy atom. The molecule has 0 bridgehead atoms. The molecule has 1 fully saturated rings. The van der Waals surface area contributed by atoms with Crippen molar-refractivity contribution in [1.82, 2.24) is 25.1 Å². The number of anilines is 1. The van der Waals surface area contributed by atoms with Crippen LogP contribution in [0.3, 0.4) is 0 Å². The average Bonchev–Trinajstić information content (AvgIpc) is 2.76. The third-order valence-corrected chi connectivity index (χ3v) is 7.88. The second-order valence-corrected chi connectivity index (χ2v) is 9.99. The molecule has 2 heterocycles. The zero-order valence-electron chi connectivity index (χ0n) is 19.6. The van der Waals surface area contributed by atoms with Crippen LogP contribution < -0.4 is 16.2 Å². The minimum Gasteiger partial charge on any atom is -0.379 e. The molecular formula is C23H33ClN6O2. The molecule has 8 nitrogen and oxygen atoms in total. The first kappa shape index (κ1) is 24.2. The number of hydrogen-bond acceptors (Lipinski definition) is 6. The molecule has 0 aromatic carbocycles. The Kier molecular flexibility index (Phi) is 7.22. The van der Waals surface area contributed by atoms with Gasteiger partial charge in [0.2, 0.25) is 5.91 Å². The minimum absolute atomic E-state index is 0.0500. The lowest BCUT2D eigenvalue weighted by Crippen LogP contribution is -2.48. The topological polar surface area (TPSA) is 102 Å². The van der Waals surface area contributed by atoms with Gasteiger partial charge >= 0.3 is 0 Å². The fourth-order valence-corrected chi connectivity index (χ4v) is 4.70. The number of aromatic nitrogens is 4. The number of halogens is 1. The first-order valence-corrected chi connectivity index (χ1v) is 11.5. The summed E-state index contributed by atoms with van der Waals surface area (Å²) in [6.07, 6.45) is 5.55. The molecular weight excluding hydrogens is 428 g/mol. The molecule has 9 heteroatoms. The number of amides is 1. The Bertz CT molecular complexity index is 1010. The highest BCUT2D eigenvalue weighted by atomic mass is 35.5. The van der Waals surface area contributed by atoms with Crippen molar-refractivity contribution in [2.75, 3.05) is 5.32 Å². The lowest BCUT2D eigenvalue weighted by Gasteiger charge is -2.50. The van der Waals surface area contributed by atoms with E-state index in [1.54, 1.807) is 12.3 Å². The van der Waals surface area contributed by atoms with Crippen molar-refractivity contribution in [3.05, 3.63) is 45.9 Å². The molecule has 1 aliphatic rings. The second kappa shape index (κ2) is 9.57. The third-order valence-electron chi connectivity index (χ3n) is 7.52. The van der Waals surface area contributed by atoms with E-state index in [4.69, 9.17) is 11.6 Å². The minimum atomic E-state index is -0.494. The molecule has 1 aliphatic carbocycles. The number of nitrogens with zero attached hydrogens (tertiary/aromatic N) is 4. The highest BCUT2D eigenvalue weighted by Crippen LogP contribution is 2.48. The van der Waals surface area contributed by atoms with E-state index >= 15 is 0 Å². The van der Waals surface area contributed by atoms with Gasteiger partial charge in [0, 0.05) is 12.2 Å². The van der Waals surface area contributed by atoms with Gasteiger partial charge in [-0.05, 0) is 42.6 Å². The lowest BCUT2D eigenvalue weighted by molar-refractivity contribution is -0.122. The predicted molar refractivity (Wildman–Crippen MR) is 125 cm³/mol. The van der Waals surface area contributed by atoms with E-state index in [1.807, 2.05) is 6.92 Å². The Morgan fingerprint density at radius 3 is 2.72 bits per heavy atom. The summed E-state index contributed by atoms with van der Waals surface area (Å²) in [6.45, 7) is 13.0. The quantitative estimate of drug-likeness (QED) is 0.681. The zero-order valence-corrected chi connectivity index (χ0v) is 20.3. The maximum Gasteiger partial charge on any atom is 0.288 e. The van der Waals surface area contributed by atoms with Crippen LogP contribution in [0.1, 0.15) is 59.7 Å². The van der Waals surface area contributed by atoms with Gasteiger partial charge in [0.15, 0.2) is 0 Å². The summed E-state index contributed by atoms with van der Waals surface area (Å²) in [6, 6.07) is 1.60. The fraction of sp³-hybridized carbons (Fsp3) is 0.609. The number of hydrogen-bond donors (Lipinski definition) is 2. The van der Waals surface area contributed by atoms with E-state index in [1.165, 1.54) is 12.5 Å². The largest absolute Gasteiger partial charge is 0.379 e. The molecule has 1 saturated carbocycles. The SMILES string of the molecule is CC(NC(=O)Cn1ncc(N[C@@H]2C[C@H](C)C(C)(C)[C@H](C)[C@H]2C)c(Cl)c1=O)c1ccncn1. The van der Waals surface area contributed by atoms with Gasteiger partial charge in [-0.25, -0.2) is 14.6 Å². The van der Waals surface area contributed by atoms with Crippen molar-refractivity contribution in [2.24, 2.45) is 23.2 Å². The molecule has 0 radical (unpaired) electrons. The van der Waals surface area contributed by atoms with E-state index in [0.29, 0.717) is 29.1 Å². The predicted octanol–water partition coefficient (Wildman–Crippen LogP) is 3.68. The summed E-state index contributed by atoms with van der Waals surface area (Å²) in [7, 11) is 0. The van der Waals surface area contributed by atoms with Gasteiger partial charge in [-0.1, -0.05) is 46.2 Å². The van der Waals surface area contributed by atoms with Crippen LogP contribution in [0.5, 0.6) is 0 Å². The summed E-state index contributed by atoms with van der Waals surface area (Å²) in [4.78, 5) is 33.2. The van der Waals surface area contributed by atoms with Gasteiger partial charge in [0.25, 0.3) is 5.56 Å². The average molecular weight is 461 g/mol. The molecule has 0 aliphatic heterocycles. The van der Waals surface area contributed by atoms with Crippen molar-refractivity contribution in [3.8, 4) is 0 Å². The fourth-order valence-electron chi connectivity index (χ4n) is 4.50. The molecule has 2 aromatic heterocycles. The Morgan fingerprint density at radius 2 is 2.06 bits per heavy atom. The van der Waals surface area contributed by atoms with E-state index in [9.17, 15) is 9.59 Å². The van der Waals surface area contributed by atoms with Gasteiger partial charge in [-0.3, -0.25) is 9.59 Å². The number of carbonyl (C=O) groups excluding carboxylic acids is 1. The Hall–Kier alpha value is -2.48. The van der Waals surface area contributed by atoms with Crippen LogP contribution >= 0.6 is 11.6 Å². The van der Waals surface area contributed by atoms with E-state index in [-0.39, 0.29) is 35.0 Å². The van der Waals surface area contributed by atoms with Gasteiger partial charge in [-0.2, -0.15) is 5.10 Å². The molecule has 174 valence electrons.